The fraction of sp³-hybridized carbons (Fsp3) is 0.500. The molecule has 0 aliphatic carbocycles. The van der Waals surface area contributed by atoms with Crippen molar-refractivity contribution in [1.29, 1.82) is 0 Å². The van der Waals surface area contributed by atoms with E-state index in [1.807, 2.05) is 12.1 Å². The van der Waals surface area contributed by atoms with Crippen molar-refractivity contribution in [1.82, 2.24) is 4.90 Å². The molecule has 0 bridgehead atoms. The highest BCUT2D eigenvalue weighted by molar-refractivity contribution is 5.24. The average molecular weight is 208 g/mol. The van der Waals surface area contributed by atoms with Gasteiger partial charge in [-0.2, -0.15) is 0 Å². The summed E-state index contributed by atoms with van der Waals surface area (Å²) in [6.45, 7) is 3.98. The van der Waals surface area contributed by atoms with Gasteiger partial charge in [0.05, 0.1) is 6.04 Å². The first-order valence-electron chi connectivity index (χ1n) is 5.48. The number of likely N-dealkylation sites (tertiary alicyclic amines) is 1. The van der Waals surface area contributed by atoms with Gasteiger partial charge in [0.2, 0.25) is 0 Å². The average Bonchev–Trinajstić information content (AvgIpc) is 2.60. The minimum absolute atomic E-state index is 0.0520. The third-order valence-corrected chi connectivity index (χ3v) is 3.18. The maximum Gasteiger partial charge on any atom is 0.128 e. The Bertz CT molecular complexity index is 340. The Kier molecular flexibility index (Phi) is 3.03. The van der Waals surface area contributed by atoms with Gasteiger partial charge in [-0.3, -0.25) is 4.90 Å². The Hall–Kier alpha value is -0.930. The molecule has 82 valence electrons. The van der Waals surface area contributed by atoms with Gasteiger partial charge in [-0.15, -0.1) is 0 Å². The molecule has 15 heavy (non-hydrogen) atoms. The molecule has 1 heterocycles. The third kappa shape index (κ3) is 1.90. The summed E-state index contributed by atoms with van der Waals surface area (Å²) in [5, 5.41) is 0. The van der Waals surface area contributed by atoms with Crippen LogP contribution in [-0.2, 0) is 0 Å². The van der Waals surface area contributed by atoms with E-state index >= 15 is 0 Å². The van der Waals surface area contributed by atoms with Crippen molar-refractivity contribution in [2.75, 3.05) is 13.1 Å². The molecule has 0 amide bonds. The van der Waals surface area contributed by atoms with E-state index < -0.39 is 0 Å². The molecule has 2 nitrogen and oxygen atoms in total. The molecule has 2 rings (SSSR count). The first-order chi connectivity index (χ1) is 7.24. The lowest BCUT2D eigenvalue weighted by molar-refractivity contribution is 0.255. The molecule has 2 atom stereocenters. The summed E-state index contributed by atoms with van der Waals surface area (Å²) in [5.41, 5.74) is 6.78. The zero-order valence-electron chi connectivity index (χ0n) is 8.99. The predicted octanol–water partition coefficient (Wildman–Crippen LogP) is 1.92. The topological polar surface area (TPSA) is 29.3 Å². The fourth-order valence-electron chi connectivity index (χ4n) is 2.38. The number of hydrogen-bond donors (Lipinski definition) is 1. The molecule has 2 N–H and O–H groups in total. The minimum Gasteiger partial charge on any atom is -0.326 e. The van der Waals surface area contributed by atoms with Gasteiger partial charge in [-0.25, -0.2) is 4.39 Å². The van der Waals surface area contributed by atoms with Crippen LogP contribution < -0.4 is 5.73 Å². The summed E-state index contributed by atoms with van der Waals surface area (Å²) >= 11 is 0. The fourth-order valence-corrected chi connectivity index (χ4v) is 2.38. The lowest BCUT2D eigenvalue weighted by atomic mass is 10.0. The van der Waals surface area contributed by atoms with Crippen LogP contribution in [0.2, 0.25) is 0 Å². The molecule has 1 aromatic carbocycles. The summed E-state index contributed by atoms with van der Waals surface area (Å²) in [5.74, 6) is -0.140. The quantitative estimate of drug-likeness (QED) is 0.804. The highest BCUT2D eigenvalue weighted by atomic mass is 19.1. The monoisotopic (exact) mass is 208 g/mol. The highest BCUT2D eigenvalue weighted by Gasteiger charge is 2.33. The van der Waals surface area contributed by atoms with Crippen LogP contribution in [-0.4, -0.2) is 24.0 Å². The molecule has 1 saturated heterocycles. The summed E-state index contributed by atoms with van der Waals surface area (Å²) in [6.07, 6.45) is 0.951. The van der Waals surface area contributed by atoms with Crippen LogP contribution >= 0.6 is 0 Å². The lowest BCUT2D eigenvalue weighted by Gasteiger charge is -2.26. The SMILES string of the molecule is CCN1CCC(N)C1c1ccccc1F. The normalized spacial score (nSPS) is 27.1. The van der Waals surface area contributed by atoms with Crippen LogP contribution in [0.25, 0.3) is 0 Å². The van der Waals surface area contributed by atoms with Crippen LogP contribution in [0.1, 0.15) is 24.9 Å². The summed E-state index contributed by atoms with van der Waals surface area (Å²) in [6, 6.07) is 7.05. The second-order valence-corrected chi connectivity index (χ2v) is 4.05. The number of rotatable bonds is 2. The van der Waals surface area contributed by atoms with Gasteiger partial charge in [-0.1, -0.05) is 25.1 Å². The van der Waals surface area contributed by atoms with Crippen molar-refractivity contribution < 1.29 is 4.39 Å². The maximum atomic E-state index is 13.6. The van der Waals surface area contributed by atoms with Gasteiger partial charge in [-0.05, 0) is 19.0 Å². The molecule has 0 spiro atoms. The van der Waals surface area contributed by atoms with Crippen molar-refractivity contribution in [3.05, 3.63) is 35.6 Å². The zero-order valence-corrected chi connectivity index (χ0v) is 8.99. The van der Waals surface area contributed by atoms with E-state index in [0.29, 0.717) is 0 Å². The van der Waals surface area contributed by atoms with Crippen LogP contribution in [0.3, 0.4) is 0 Å². The number of halogens is 1. The van der Waals surface area contributed by atoms with E-state index in [0.717, 1.165) is 25.1 Å². The van der Waals surface area contributed by atoms with Crippen molar-refractivity contribution in [2.24, 2.45) is 5.73 Å². The van der Waals surface area contributed by atoms with Gasteiger partial charge in [0, 0.05) is 18.2 Å². The molecule has 1 aliphatic heterocycles. The molecule has 0 saturated carbocycles. The zero-order chi connectivity index (χ0) is 10.8. The third-order valence-electron chi connectivity index (χ3n) is 3.18. The highest BCUT2D eigenvalue weighted by Crippen LogP contribution is 2.31. The van der Waals surface area contributed by atoms with Crippen molar-refractivity contribution in [3.8, 4) is 0 Å². The Morgan fingerprint density at radius 1 is 1.47 bits per heavy atom. The Morgan fingerprint density at radius 3 is 2.87 bits per heavy atom. The number of benzene rings is 1. The number of likely N-dealkylation sites (N-methyl/N-ethyl adjacent to an activating group) is 1. The summed E-state index contributed by atoms with van der Waals surface area (Å²) < 4.78 is 13.6. The molecule has 1 fully saturated rings. The molecule has 2 unspecified atom stereocenters. The second-order valence-electron chi connectivity index (χ2n) is 4.05. The van der Waals surface area contributed by atoms with Crippen LogP contribution in [0.15, 0.2) is 24.3 Å². The van der Waals surface area contributed by atoms with Crippen LogP contribution in [0.5, 0.6) is 0 Å². The molecule has 0 aromatic heterocycles. The van der Waals surface area contributed by atoms with Gasteiger partial charge in [0.1, 0.15) is 5.82 Å². The van der Waals surface area contributed by atoms with E-state index in [1.54, 1.807) is 6.07 Å². The smallest absolute Gasteiger partial charge is 0.128 e. The molecule has 3 heteroatoms. The van der Waals surface area contributed by atoms with Gasteiger partial charge >= 0.3 is 0 Å². The van der Waals surface area contributed by atoms with Gasteiger partial charge < -0.3 is 5.73 Å². The number of nitrogens with two attached hydrogens (primary N) is 1. The van der Waals surface area contributed by atoms with Crippen LogP contribution in [0.4, 0.5) is 4.39 Å². The van der Waals surface area contributed by atoms with E-state index in [9.17, 15) is 4.39 Å². The largest absolute Gasteiger partial charge is 0.326 e. The molecule has 1 aliphatic rings. The van der Waals surface area contributed by atoms with Crippen LogP contribution in [0, 0.1) is 5.82 Å². The van der Waals surface area contributed by atoms with Gasteiger partial charge in [0.25, 0.3) is 0 Å². The van der Waals surface area contributed by atoms with E-state index in [4.69, 9.17) is 5.73 Å². The molecule has 1 aromatic rings. The number of nitrogens with zero attached hydrogens (tertiary/aromatic N) is 1. The van der Waals surface area contributed by atoms with E-state index in [-0.39, 0.29) is 17.9 Å². The molecular weight excluding hydrogens is 191 g/mol. The summed E-state index contributed by atoms with van der Waals surface area (Å²) in [4.78, 5) is 2.24. The Morgan fingerprint density at radius 2 is 2.20 bits per heavy atom. The Balaban J connectivity index is 2.32. The van der Waals surface area contributed by atoms with Crippen molar-refractivity contribution in [3.63, 3.8) is 0 Å². The molecular formula is C12H17FN2. The number of hydrogen-bond acceptors (Lipinski definition) is 2. The molecule has 0 radical (unpaired) electrons. The van der Waals surface area contributed by atoms with Crippen molar-refractivity contribution >= 4 is 0 Å². The first-order valence-corrected chi connectivity index (χ1v) is 5.48. The Labute approximate surface area is 89.9 Å². The maximum absolute atomic E-state index is 13.6. The minimum atomic E-state index is -0.140. The first kappa shape index (κ1) is 10.6. The van der Waals surface area contributed by atoms with Crippen molar-refractivity contribution in [2.45, 2.75) is 25.4 Å². The van der Waals surface area contributed by atoms with E-state index in [2.05, 4.69) is 11.8 Å². The standard InChI is InChI=1S/C12H17FN2/c1-2-15-8-7-11(14)12(15)9-5-3-4-6-10(9)13/h3-6,11-12H,2,7-8,14H2,1H3. The lowest BCUT2D eigenvalue weighted by Crippen LogP contribution is -2.32. The predicted molar refractivity (Wildman–Crippen MR) is 59.0 cm³/mol. The van der Waals surface area contributed by atoms with Gasteiger partial charge in [0.15, 0.2) is 0 Å². The second kappa shape index (κ2) is 4.29. The summed E-state index contributed by atoms with van der Waals surface area (Å²) in [7, 11) is 0. The van der Waals surface area contributed by atoms with E-state index in [1.165, 1.54) is 6.07 Å².